The van der Waals surface area contributed by atoms with Crippen molar-refractivity contribution in [2.24, 2.45) is 0 Å². The summed E-state index contributed by atoms with van der Waals surface area (Å²) in [6, 6.07) is 14.4. The average molecular weight is 477 g/mol. The number of hydrogen-bond donors (Lipinski definition) is 1. The number of anilines is 1. The lowest BCUT2D eigenvalue weighted by atomic mass is 9.99. The van der Waals surface area contributed by atoms with Gasteiger partial charge in [-0.2, -0.15) is 0 Å². The molecule has 0 radical (unpaired) electrons. The first kappa shape index (κ1) is 21.7. The first-order chi connectivity index (χ1) is 16.5. The molecular weight excluding hydrogens is 456 g/mol. The van der Waals surface area contributed by atoms with Gasteiger partial charge in [-0.05, 0) is 61.5 Å². The average Bonchev–Trinajstić information content (AvgIpc) is 3.57. The van der Waals surface area contributed by atoms with Crippen LogP contribution in [0.25, 0.3) is 16.0 Å². The van der Waals surface area contributed by atoms with Gasteiger partial charge < -0.3 is 19.0 Å². The Hall–Kier alpha value is -4.11. The predicted molar refractivity (Wildman–Crippen MR) is 127 cm³/mol. The Balaban J connectivity index is 1.65. The molecule has 0 spiro atoms. The number of amides is 1. The minimum absolute atomic E-state index is 0.0700. The zero-order chi connectivity index (χ0) is 23.8. The summed E-state index contributed by atoms with van der Waals surface area (Å²) in [5.41, 5.74) is 0.971. The molecule has 1 atom stereocenters. The number of aliphatic hydroxyl groups excluding tert-OH is 1. The predicted octanol–water partition coefficient (Wildman–Crippen LogP) is 4.92. The van der Waals surface area contributed by atoms with Gasteiger partial charge in [0.05, 0.1) is 35.8 Å². The number of furan rings is 1. The van der Waals surface area contributed by atoms with E-state index in [9.17, 15) is 14.7 Å². The van der Waals surface area contributed by atoms with E-state index in [1.165, 1.54) is 29.6 Å². The minimum Gasteiger partial charge on any atom is -0.507 e. The molecule has 1 amide bonds. The molecule has 1 fully saturated rings. The molecule has 0 aliphatic carbocycles. The van der Waals surface area contributed by atoms with Crippen molar-refractivity contribution in [2.75, 3.05) is 18.6 Å². The molecule has 0 bridgehead atoms. The van der Waals surface area contributed by atoms with Crippen molar-refractivity contribution in [3.63, 3.8) is 0 Å². The standard InChI is InChI=1S/C25H20N2O6S/c1-3-32-16-10-11-17-19(13-16)34-25(26-17)27-21(18-5-4-12-33-18)20(23(29)24(27)30)22(28)14-6-8-15(31-2)9-7-14/h4-13,21,28H,3H2,1-2H3/b22-20+. The molecule has 3 heterocycles. The van der Waals surface area contributed by atoms with Gasteiger partial charge in [0.2, 0.25) is 0 Å². The van der Waals surface area contributed by atoms with Crippen LogP contribution in [-0.2, 0) is 9.59 Å². The number of methoxy groups -OCH3 is 1. The number of carbonyl (C=O) groups is 2. The Morgan fingerprint density at radius 2 is 1.91 bits per heavy atom. The molecule has 1 unspecified atom stereocenters. The molecule has 2 aromatic heterocycles. The van der Waals surface area contributed by atoms with Gasteiger partial charge in [0, 0.05) is 5.56 Å². The van der Waals surface area contributed by atoms with E-state index in [4.69, 9.17) is 13.9 Å². The Labute approximate surface area is 198 Å². The Morgan fingerprint density at radius 1 is 1.15 bits per heavy atom. The van der Waals surface area contributed by atoms with Crippen molar-refractivity contribution < 1.29 is 28.6 Å². The number of thiazole rings is 1. The van der Waals surface area contributed by atoms with Crippen LogP contribution in [0.4, 0.5) is 5.13 Å². The monoisotopic (exact) mass is 476 g/mol. The maximum absolute atomic E-state index is 13.2. The van der Waals surface area contributed by atoms with E-state index in [1.54, 1.807) is 48.5 Å². The van der Waals surface area contributed by atoms with E-state index < -0.39 is 17.7 Å². The van der Waals surface area contributed by atoms with E-state index in [-0.39, 0.29) is 11.3 Å². The molecule has 5 rings (SSSR count). The first-order valence-corrected chi connectivity index (χ1v) is 11.4. The van der Waals surface area contributed by atoms with Crippen LogP contribution < -0.4 is 14.4 Å². The van der Waals surface area contributed by atoms with Gasteiger partial charge in [0.1, 0.15) is 29.1 Å². The molecule has 1 aliphatic rings. The third-order valence-electron chi connectivity index (χ3n) is 5.49. The maximum atomic E-state index is 13.2. The van der Waals surface area contributed by atoms with E-state index in [1.807, 2.05) is 13.0 Å². The highest BCUT2D eigenvalue weighted by molar-refractivity contribution is 7.22. The maximum Gasteiger partial charge on any atom is 0.302 e. The Kier molecular flexibility index (Phi) is 5.54. The number of carbonyl (C=O) groups excluding carboxylic acids is 2. The smallest absolute Gasteiger partial charge is 0.302 e. The van der Waals surface area contributed by atoms with Gasteiger partial charge in [-0.15, -0.1) is 0 Å². The number of Topliss-reactive ketones (excluding diaryl/α,β-unsaturated/α-hetero) is 1. The lowest BCUT2D eigenvalue weighted by molar-refractivity contribution is -0.132. The number of rotatable bonds is 6. The van der Waals surface area contributed by atoms with Gasteiger partial charge in [-0.1, -0.05) is 11.3 Å². The van der Waals surface area contributed by atoms with Crippen LogP contribution in [0.1, 0.15) is 24.3 Å². The van der Waals surface area contributed by atoms with Crippen LogP contribution in [0.2, 0.25) is 0 Å². The van der Waals surface area contributed by atoms with Gasteiger partial charge >= 0.3 is 5.91 Å². The van der Waals surface area contributed by atoms with E-state index in [0.717, 1.165) is 4.70 Å². The number of benzene rings is 2. The van der Waals surface area contributed by atoms with E-state index in [0.29, 0.717) is 40.1 Å². The van der Waals surface area contributed by atoms with Gasteiger partial charge in [-0.3, -0.25) is 14.5 Å². The van der Waals surface area contributed by atoms with Gasteiger partial charge in [-0.25, -0.2) is 4.98 Å². The van der Waals surface area contributed by atoms with E-state index in [2.05, 4.69) is 4.98 Å². The van der Waals surface area contributed by atoms with Gasteiger partial charge in [0.15, 0.2) is 5.13 Å². The normalized spacial score (nSPS) is 17.5. The third-order valence-corrected chi connectivity index (χ3v) is 6.50. The van der Waals surface area contributed by atoms with Crippen LogP contribution in [0.5, 0.6) is 11.5 Å². The van der Waals surface area contributed by atoms with Crippen LogP contribution in [0, 0.1) is 0 Å². The highest BCUT2D eigenvalue weighted by atomic mass is 32.1. The molecule has 9 heteroatoms. The van der Waals surface area contributed by atoms with Crippen molar-refractivity contribution in [3.05, 3.63) is 77.8 Å². The fourth-order valence-electron chi connectivity index (χ4n) is 3.90. The van der Waals surface area contributed by atoms with Crippen LogP contribution >= 0.6 is 11.3 Å². The van der Waals surface area contributed by atoms with Crippen molar-refractivity contribution in [3.8, 4) is 11.5 Å². The van der Waals surface area contributed by atoms with Crippen molar-refractivity contribution >= 4 is 44.1 Å². The molecule has 0 saturated carbocycles. The van der Waals surface area contributed by atoms with Gasteiger partial charge in [0.25, 0.3) is 5.78 Å². The first-order valence-electron chi connectivity index (χ1n) is 10.5. The molecule has 34 heavy (non-hydrogen) atoms. The summed E-state index contributed by atoms with van der Waals surface area (Å²) >= 11 is 1.26. The van der Waals surface area contributed by atoms with E-state index >= 15 is 0 Å². The van der Waals surface area contributed by atoms with Crippen molar-refractivity contribution in [1.82, 2.24) is 4.98 Å². The number of ether oxygens (including phenoxy) is 2. The summed E-state index contributed by atoms with van der Waals surface area (Å²) in [4.78, 5) is 32.2. The minimum atomic E-state index is -0.968. The molecular formula is C25H20N2O6S. The summed E-state index contributed by atoms with van der Waals surface area (Å²) in [6.45, 7) is 2.42. The number of nitrogens with zero attached hydrogens (tertiary/aromatic N) is 2. The zero-order valence-corrected chi connectivity index (χ0v) is 19.2. The molecule has 8 nitrogen and oxygen atoms in total. The van der Waals surface area contributed by atoms with Crippen LogP contribution in [-0.4, -0.2) is 35.5 Å². The molecule has 4 aromatic rings. The number of aliphatic hydroxyl groups is 1. The largest absolute Gasteiger partial charge is 0.507 e. The van der Waals surface area contributed by atoms with Crippen LogP contribution in [0.3, 0.4) is 0 Å². The highest BCUT2D eigenvalue weighted by Gasteiger charge is 2.49. The zero-order valence-electron chi connectivity index (χ0n) is 18.3. The molecule has 172 valence electrons. The Morgan fingerprint density at radius 3 is 2.59 bits per heavy atom. The molecule has 2 aromatic carbocycles. The second-order valence-corrected chi connectivity index (χ2v) is 8.48. The van der Waals surface area contributed by atoms with Crippen molar-refractivity contribution in [2.45, 2.75) is 13.0 Å². The Bertz CT molecular complexity index is 1410. The molecule has 1 saturated heterocycles. The number of aromatic nitrogens is 1. The summed E-state index contributed by atoms with van der Waals surface area (Å²) in [6.07, 6.45) is 1.45. The summed E-state index contributed by atoms with van der Waals surface area (Å²) in [5, 5.41) is 11.4. The molecule has 1 N–H and O–H groups in total. The number of fused-ring (bicyclic) bond motifs is 1. The summed E-state index contributed by atoms with van der Waals surface area (Å²) in [5.74, 6) is -0.285. The second-order valence-electron chi connectivity index (χ2n) is 7.47. The summed E-state index contributed by atoms with van der Waals surface area (Å²) in [7, 11) is 1.53. The molecule has 1 aliphatic heterocycles. The quantitative estimate of drug-likeness (QED) is 0.239. The lowest BCUT2D eigenvalue weighted by Gasteiger charge is -2.20. The van der Waals surface area contributed by atoms with Crippen LogP contribution in [0.15, 0.2) is 70.9 Å². The lowest BCUT2D eigenvalue weighted by Crippen LogP contribution is -2.29. The fraction of sp³-hybridized carbons (Fsp3) is 0.160. The summed E-state index contributed by atoms with van der Waals surface area (Å²) < 4.78 is 17.1. The fourth-order valence-corrected chi connectivity index (χ4v) is 4.92. The highest BCUT2D eigenvalue weighted by Crippen LogP contribution is 2.44. The van der Waals surface area contributed by atoms with Crippen molar-refractivity contribution in [1.29, 1.82) is 0 Å². The number of hydrogen-bond acceptors (Lipinski definition) is 8. The number of ketones is 1. The SMILES string of the molecule is CCOc1ccc2nc(N3C(=O)C(=O)/C(=C(/O)c4ccc(OC)cc4)C3c3ccco3)sc2c1. The third kappa shape index (κ3) is 3.60. The second kappa shape index (κ2) is 8.68. The topological polar surface area (TPSA) is 102 Å².